The second kappa shape index (κ2) is 4.69. The van der Waals surface area contributed by atoms with Crippen LogP contribution in [0.1, 0.15) is 56.1 Å². The van der Waals surface area contributed by atoms with Gasteiger partial charge in [0.1, 0.15) is 5.01 Å². The molecule has 0 spiro atoms. The summed E-state index contributed by atoms with van der Waals surface area (Å²) in [5.41, 5.74) is 1.32. The number of nitrogens with zero attached hydrogens (tertiary/aromatic N) is 1. The van der Waals surface area contributed by atoms with Gasteiger partial charge in [0.25, 0.3) is 0 Å². The maximum absolute atomic E-state index is 4.86. The molecular weight excluding hydrogens is 228 g/mol. The van der Waals surface area contributed by atoms with Gasteiger partial charge >= 0.3 is 0 Å². The minimum Gasteiger partial charge on any atom is -0.303 e. The average Bonchev–Trinajstić information content (AvgIpc) is 2.99. The third kappa shape index (κ3) is 2.55. The summed E-state index contributed by atoms with van der Waals surface area (Å²) >= 11 is 1.87. The zero-order valence-electron chi connectivity index (χ0n) is 11.6. The highest BCUT2D eigenvalue weighted by atomic mass is 32.1. The average molecular weight is 252 g/mol. The Labute approximate surface area is 109 Å². The fourth-order valence-electron chi connectivity index (χ4n) is 2.11. The van der Waals surface area contributed by atoms with Crippen LogP contribution in [0.5, 0.6) is 0 Å². The molecule has 1 saturated carbocycles. The van der Waals surface area contributed by atoms with E-state index in [2.05, 4.69) is 39.9 Å². The lowest BCUT2D eigenvalue weighted by Crippen LogP contribution is -2.45. The van der Waals surface area contributed by atoms with Crippen LogP contribution in [-0.4, -0.2) is 11.0 Å². The summed E-state index contributed by atoms with van der Waals surface area (Å²) in [7, 11) is 0. The fourth-order valence-corrected chi connectivity index (χ4v) is 3.37. The summed E-state index contributed by atoms with van der Waals surface area (Å²) in [6.07, 6.45) is 3.69. The molecule has 3 heteroatoms. The second-order valence-electron chi connectivity index (χ2n) is 5.65. The molecule has 1 atom stereocenters. The minimum absolute atomic E-state index is 0.0456. The van der Waals surface area contributed by atoms with E-state index in [4.69, 9.17) is 4.98 Å². The lowest BCUT2D eigenvalue weighted by Gasteiger charge is -2.33. The number of aryl methyl sites for hydroxylation is 2. The highest BCUT2D eigenvalue weighted by molar-refractivity contribution is 7.11. The van der Waals surface area contributed by atoms with Crippen LogP contribution in [0.3, 0.4) is 0 Å². The molecule has 96 valence electrons. The molecule has 0 aliphatic heterocycles. The highest BCUT2D eigenvalue weighted by Gasteiger charge is 2.38. The Bertz CT molecular complexity index is 393. The molecule has 1 aliphatic carbocycles. The van der Waals surface area contributed by atoms with Gasteiger partial charge < -0.3 is 5.32 Å². The van der Waals surface area contributed by atoms with Crippen molar-refractivity contribution in [2.24, 2.45) is 5.92 Å². The van der Waals surface area contributed by atoms with Gasteiger partial charge in [-0.2, -0.15) is 0 Å². The van der Waals surface area contributed by atoms with Crippen molar-refractivity contribution in [2.75, 3.05) is 0 Å². The smallest absolute Gasteiger partial charge is 0.113 e. The molecule has 1 fully saturated rings. The Morgan fingerprint density at radius 2 is 2.12 bits per heavy atom. The molecule has 0 saturated heterocycles. The van der Waals surface area contributed by atoms with E-state index in [1.165, 1.54) is 28.4 Å². The van der Waals surface area contributed by atoms with Gasteiger partial charge in [0.15, 0.2) is 0 Å². The highest BCUT2D eigenvalue weighted by Crippen LogP contribution is 2.37. The molecule has 1 N–H and O–H groups in total. The van der Waals surface area contributed by atoms with Gasteiger partial charge in [0.05, 0.1) is 11.2 Å². The third-order valence-electron chi connectivity index (χ3n) is 3.91. The molecule has 17 heavy (non-hydrogen) atoms. The summed E-state index contributed by atoms with van der Waals surface area (Å²) in [5, 5.41) is 5.07. The summed E-state index contributed by atoms with van der Waals surface area (Å²) in [5.74, 6) is 0.568. The fraction of sp³-hybridized carbons (Fsp3) is 0.786. The molecule has 2 rings (SSSR count). The standard InChI is InChI=1S/C14H24N2S/c1-6-12-10(4)17-13(15-12)14(5,9(2)3)16-11-7-8-11/h9,11,16H,6-8H2,1-5H3. The first-order valence-corrected chi connectivity index (χ1v) is 7.53. The number of hydrogen-bond donors (Lipinski definition) is 1. The second-order valence-corrected chi connectivity index (χ2v) is 6.85. The van der Waals surface area contributed by atoms with Crippen LogP contribution in [0.2, 0.25) is 0 Å². The van der Waals surface area contributed by atoms with Crippen LogP contribution < -0.4 is 5.32 Å². The van der Waals surface area contributed by atoms with Crippen molar-refractivity contribution < 1.29 is 0 Å². The molecule has 1 unspecified atom stereocenters. The van der Waals surface area contributed by atoms with Gasteiger partial charge in [-0.3, -0.25) is 0 Å². The first kappa shape index (κ1) is 13.0. The van der Waals surface area contributed by atoms with Crippen molar-refractivity contribution in [3.8, 4) is 0 Å². The molecule has 0 radical (unpaired) electrons. The van der Waals surface area contributed by atoms with Crippen LogP contribution in [-0.2, 0) is 12.0 Å². The maximum atomic E-state index is 4.86. The van der Waals surface area contributed by atoms with E-state index in [1.54, 1.807) is 0 Å². The summed E-state index contributed by atoms with van der Waals surface area (Å²) in [6.45, 7) is 11.3. The monoisotopic (exact) mass is 252 g/mol. The number of nitrogens with one attached hydrogen (secondary N) is 1. The molecule has 0 aromatic carbocycles. The Morgan fingerprint density at radius 3 is 2.53 bits per heavy atom. The van der Waals surface area contributed by atoms with E-state index in [1.807, 2.05) is 11.3 Å². The van der Waals surface area contributed by atoms with E-state index in [-0.39, 0.29) is 5.54 Å². The third-order valence-corrected chi connectivity index (χ3v) is 5.16. The van der Waals surface area contributed by atoms with Crippen molar-refractivity contribution in [3.05, 3.63) is 15.6 Å². The molecule has 0 amide bonds. The SMILES string of the molecule is CCc1nc(C(C)(NC2CC2)C(C)C)sc1C. The molecule has 1 aromatic heterocycles. The van der Waals surface area contributed by atoms with Crippen molar-refractivity contribution in [2.45, 2.75) is 65.5 Å². The van der Waals surface area contributed by atoms with Gasteiger partial charge in [-0.15, -0.1) is 11.3 Å². The predicted octanol–water partition coefficient (Wildman–Crippen LogP) is 3.64. The number of thiazole rings is 1. The first-order chi connectivity index (χ1) is 7.97. The number of rotatable bonds is 5. The first-order valence-electron chi connectivity index (χ1n) is 6.71. The summed E-state index contributed by atoms with van der Waals surface area (Å²) < 4.78 is 0. The van der Waals surface area contributed by atoms with Crippen molar-refractivity contribution in [3.63, 3.8) is 0 Å². The normalized spacial score (nSPS) is 19.6. The maximum Gasteiger partial charge on any atom is 0.113 e. The Morgan fingerprint density at radius 1 is 1.47 bits per heavy atom. The molecule has 1 heterocycles. The number of aromatic nitrogens is 1. The van der Waals surface area contributed by atoms with Crippen LogP contribution >= 0.6 is 11.3 Å². The van der Waals surface area contributed by atoms with Crippen molar-refractivity contribution in [1.82, 2.24) is 10.3 Å². The summed E-state index contributed by atoms with van der Waals surface area (Å²) in [6, 6.07) is 0.719. The van der Waals surface area contributed by atoms with Gasteiger partial charge in [-0.1, -0.05) is 20.8 Å². The Kier molecular flexibility index (Phi) is 3.60. The van der Waals surface area contributed by atoms with Gasteiger partial charge in [-0.05, 0) is 39.0 Å². The lowest BCUT2D eigenvalue weighted by molar-refractivity contribution is 0.261. The van der Waals surface area contributed by atoms with Crippen LogP contribution in [0, 0.1) is 12.8 Å². The molecular formula is C14H24N2S. The Balaban J connectivity index is 2.30. The van der Waals surface area contributed by atoms with Gasteiger partial charge in [-0.25, -0.2) is 4.98 Å². The number of hydrogen-bond acceptors (Lipinski definition) is 3. The predicted molar refractivity (Wildman–Crippen MR) is 74.6 cm³/mol. The van der Waals surface area contributed by atoms with Crippen molar-refractivity contribution in [1.29, 1.82) is 0 Å². The van der Waals surface area contributed by atoms with E-state index in [9.17, 15) is 0 Å². The van der Waals surface area contributed by atoms with Crippen molar-refractivity contribution >= 4 is 11.3 Å². The molecule has 0 bridgehead atoms. The van der Waals surface area contributed by atoms with E-state index < -0.39 is 0 Å². The zero-order chi connectivity index (χ0) is 12.6. The molecule has 2 nitrogen and oxygen atoms in total. The zero-order valence-corrected chi connectivity index (χ0v) is 12.4. The van der Waals surface area contributed by atoms with E-state index in [0.29, 0.717) is 5.92 Å². The van der Waals surface area contributed by atoms with Gasteiger partial charge in [0, 0.05) is 10.9 Å². The minimum atomic E-state index is 0.0456. The quantitative estimate of drug-likeness (QED) is 0.865. The molecule has 1 aromatic rings. The van der Waals surface area contributed by atoms with Gasteiger partial charge in [0.2, 0.25) is 0 Å². The van der Waals surface area contributed by atoms with Crippen LogP contribution in [0.15, 0.2) is 0 Å². The van der Waals surface area contributed by atoms with E-state index in [0.717, 1.165) is 12.5 Å². The lowest BCUT2D eigenvalue weighted by atomic mass is 9.89. The molecule has 1 aliphatic rings. The van der Waals surface area contributed by atoms with Crippen LogP contribution in [0.25, 0.3) is 0 Å². The van der Waals surface area contributed by atoms with E-state index >= 15 is 0 Å². The Hall–Kier alpha value is -0.410. The largest absolute Gasteiger partial charge is 0.303 e. The van der Waals surface area contributed by atoms with Crippen LogP contribution in [0.4, 0.5) is 0 Å². The summed E-state index contributed by atoms with van der Waals surface area (Å²) in [4.78, 5) is 6.24. The topological polar surface area (TPSA) is 24.9 Å².